The van der Waals surface area contributed by atoms with Crippen molar-refractivity contribution in [3.05, 3.63) is 35.9 Å². The number of alkyl halides is 3. The molecule has 0 aliphatic carbocycles. The maximum Gasteiger partial charge on any atom is 0.313 e. The molecule has 0 aliphatic rings. The quantitative estimate of drug-likeness (QED) is 0.647. The number of aliphatic hydroxyl groups excluding tert-OH is 1. The van der Waals surface area contributed by atoms with Gasteiger partial charge in [-0.2, -0.15) is 0 Å². The summed E-state index contributed by atoms with van der Waals surface area (Å²) in [6.07, 6.45) is -0.771. The third-order valence-electron chi connectivity index (χ3n) is 3.36. The molecule has 1 unspecified atom stereocenters. The maximum atomic E-state index is 15.1. The van der Waals surface area contributed by atoms with Crippen molar-refractivity contribution < 1.29 is 27.8 Å². The Balaban J connectivity index is 3.20. The third-order valence-corrected chi connectivity index (χ3v) is 3.36. The third kappa shape index (κ3) is 3.75. The average molecular weight is 304 g/mol. The van der Waals surface area contributed by atoms with Crippen LogP contribution in [0.5, 0.6) is 0 Å². The number of halogens is 3. The molecule has 0 saturated heterocycles. The van der Waals surface area contributed by atoms with Gasteiger partial charge in [-0.15, -0.1) is 0 Å². The van der Waals surface area contributed by atoms with Gasteiger partial charge < -0.3 is 9.84 Å². The van der Waals surface area contributed by atoms with E-state index < -0.39 is 36.2 Å². The molecule has 0 heterocycles. The van der Waals surface area contributed by atoms with Crippen molar-refractivity contribution in [2.75, 3.05) is 6.79 Å². The standard InChI is InChI=1S/C15H19F3O3/c1-13(2,12(20)21-10-19)9-15(18,14(3,16)17)11-7-5-4-6-8-11/h4-8,19H,9-10H2,1-3H3. The zero-order chi connectivity index (χ0) is 16.3. The van der Waals surface area contributed by atoms with Crippen molar-refractivity contribution in [3.8, 4) is 0 Å². The van der Waals surface area contributed by atoms with Crippen molar-refractivity contribution >= 4 is 5.97 Å². The van der Waals surface area contributed by atoms with E-state index in [1.165, 1.54) is 38.1 Å². The first kappa shape index (κ1) is 17.5. The van der Waals surface area contributed by atoms with E-state index in [9.17, 15) is 13.6 Å². The molecule has 0 radical (unpaired) electrons. The van der Waals surface area contributed by atoms with Gasteiger partial charge in [0.2, 0.25) is 0 Å². The monoisotopic (exact) mass is 304 g/mol. The largest absolute Gasteiger partial charge is 0.438 e. The maximum absolute atomic E-state index is 15.1. The number of carbonyl (C=O) groups excluding carboxylic acids is 1. The molecule has 0 saturated carbocycles. The van der Waals surface area contributed by atoms with Gasteiger partial charge >= 0.3 is 5.97 Å². The number of hydrogen-bond donors (Lipinski definition) is 1. The normalized spacial score (nSPS) is 15.4. The highest BCUT2D eigenvalue weighted by Gasteiger charge is 2.56. The molecule has 1 aromatic rings. The van der Waals surface area contributed by atoms with E-state index in [0.717, 1.165) is 0 Å². The summed E-state index contributed by atoms with van der Waals surface area (Å²) in [6.45, 7) is 2.20. The molecule has 0 spiro atoms. The Bertz CT molecular complexity index is 483. The smallest absolute Gasteiger partial charge is 0.313 e. The van der Waals surface area contributed by atoms with E-state index in [0.29, 0.717) is 6.92 Å². The number of benzene rings is 1. The second kappa shape index (κ2) is 6.05. The first-order chi connectivity index (χ1) is 9.54. The zero-order valence-electron chi connectivity index (χ0n) is 12.2. The van der Waals surface area contributed by atoms with E-state index in [1.807, 2.05) is 0 Å². The van der Waals surface area contributed by atoms with Crippen molar-refractivity contribution in [2.24, 2.45) is 5.41 Å². The van der Waals surface area contributed by atoms with Crippen molar-refractivity contribution in [3.63, 3.8) is 0 Å². The fraction of sp³-hybridized carbons (Fsp3) is 0.533. The Labute approximate surface area is 121 Å². The fourth-order valence-electron chi connectivity index (χ4n) is 2.15. The summed E-state index contributed by atoms with van der Waals surface area (Å²) in [6, 6.07) is 7.00. The van der Waals surface area contributed by atoms with E-state index in [4.69, 9.17) is 5.11 Å². The summed E-state index contributed by atoms with van der Waals surface area (Å²) in [5.74, 6) is -4.63. The number of rotatable bonds is 6. The highest BCUT2D eigenvalue weighted by atomic mass is 19.3. The van der Waals surface area contributed by atoms with Gasteiger partial charge in [0.1, 0.15) is 0 Å². The minimum atomic E-state index is -3.69. The van der Waals surface area contributed by atoms with Crippen LogP contribution in [0.25, 0.3) is 0 Å². The van der Waals surface area contributed by atoms with Gasteiger partial charge in [0, 0.05) is 13.3 Å². The summed E-state index contributed by atoms with van der Waals surface area (Å²) >= 11 is 0. The number of aliphatic hydroxyl groups is 1. The van der Waals surface area contributed by atoms with Crippen LogP contribution in [0.2, 0.25) is 0 Å². The topological polar surface area (TPSA) is 46.5 Å². The lowest BCUT2D eigenvalue weighted by Gasteiger charge is -2.36. The van der Waals surface area contributed by atoms with Gasteiger partial charge in [0.15, 0.2) is 12.5 Å². The molecule has 1 aromatic carbocycles. The molecule has 1 N–H and O–H groups in total. The number of hydrogen-bond acceptors (Lipinski definition) is 3. The van der Waals surface area contributed by atoms with Gasteiger partial charge in [-0.25, -0.2) is 13.2 Å². The molecule has 3 nitrogen and oxygen atoms in total. The lowest BCUT2D eigenvalue weighted by Crippen LogP contribution is -2.45. The first-order valence-electron chi connectivity index (χ1n) is 6.45. The second-order valence-electron chi connectivity index (χ2n) is 5.68. The van der Waals surface area contributed by atoms with Crippen LogP contribution in [-0.2, 0) is 15.2 Å². The summed E-state index contributed by atoms with van der Waals surface area (Å²) in [4.78, 5) is 11.7. The molecule has 0 amide bonds. The number of esters is 1. The van der Waals surface area contributed by atoms with E-state index >= 15 is 4.39 Å². The van der Waals surface area contributed by atoms with Crippen LogP contribution in [0.4, 0.5) is 13.2 Å². The molecule has 0 aromatic heterocycles. The SMILES string of the molecule is CC(C)(CC(F)(c1ccccc1)C(C)(F)F)C(=O)OCO. The predicted octanol–water partition coefficient (Wildman–Crippen LogP) is 3.42. The molecule has 6 heteroatoms. The Kier molecular flexibility index (Phi) is 5.04. The molecule has 118 valence electrons. The average Bonchev–Trinajstić information content (AvgIpc) is 2.38. The lowest BCUT2D eigenvalue weighted by molar-refractivity contribution is -0.176. The molecule has 0 fully saturated rings. The highest BCUT2D eigenvalue weighted by Crippen LogP contribution is 2.48. The molecule has 0 bridgehead atoms. The van der Waals surface area contributed by atoms with Crippen LogP contribution in [0.1, 0.15) is 32.8 Å². The van der Waals surface area contributed by atoms with Crippen LogP contribution < -0.4 is 0 Å². The minimum Gasteiger partial charge on any atom is -0.438 e. The zero-order valence-corrected chi connectivity index (χ0v) is 12.2. The van der Waals surface area contributed by atoms with Crippen molar-refractivity contribution in [2.45, 2.75) is 38.8 Å². The summed E-state index contributed by atoms with van der Waals surface area (Å²) in [5, 5.41) is 8.59. The van der Waals surface area contributed by atoms with Gasteiger partial charge in [0.05, 0.1) is 5.41 Å². The van der Waals surface area contributed by atoms with Crippen LogP contribution >= 0.6 is 0 Å². The molecule has 1 atom stereocenters. The van der Waals surface area contributed by atoms with E-state index in [1.54, 1.807) is 6.07 Å². The Hall–Kier alpha value is -1.56. The Morgan fingerprint density at radius 3 is 2.10 bits per heavy atom. The fourth-order valence-corrected chi connectivity index (χ4v) is 2.15. The highest BCUT2D eigenvalue weighted by molar-refractivity contribution is 5.76. The molecule has 0 aliphatic heterocycles. The van der Waals surface area contributed by atoms with Crippen molar-refractivity contribution in [1.82, 2.24) is 0 Å². The summed E-state index contributed by atoms with van der Waals surface area (Å²) in [7, 11) is 0. The Morgan fingerprint density at radius 1 is 1.14 bits per heavy atom. The Morgan fingerprint density at radius 2 is 1.67 bits per heavy atom. The molecule has 21 heavy (non-hydrogen) atoms. The van der Waals surface area contributed by atoms with E-state index in [-0.39, 0.29) is 5.56 Å². The van der Waals surface area contributed by atoms with E-state index in [2.05, 4.69) is 4.74 Å². The van der Waals surface area contributed by atoms with Crippen LogP contribution in [0, 0.1) is 5.41 Å². The lowest BCUT2D eigenvalue weighted by atomic mass is 9.75. The van der Waals surface area contributed by atoms with Crippen LogP contribution in [0.15, 0.2) is 30.3 Å². The molecular weight excluding hydrogens is 285 g/mol. The number of carbonyl (C=O) groups is 1. The summed E-state index contributed by atoms with van der Waals surface area (Å²) in [5.41, 5.74) is -4.75. The number of ether oxygens (including phenoxy) is 1. The molecular formula is C15H19F3O3. The predicted molar refractivity (Wildman–Crippen MR) is 71.4 cm³/mol. The van der Waals surface area contributed by atoms with Gasteiger partial charge in [0.25, 0.3) is 5.92 Å². The van der Waals surface area contributed by atoms with Crippen LogP contribution in [0.3, 0.4) is 0 Å². The van der Waals surface area contributed by atoms with Gasteiger partial charge in [-0.05, 0) is 19.4 Å². The van der Waals surface area contributed by atoms with Gasteiger partial charge in [-0.1, -0.05) is 30.3 Å². The first-order valence-corrected chi connectivity index (χ1v) is 6.45. The minimum absolute atomic E-state index is 0.206. The summed E-state index contributed by atoms with van der Waals surface area (Å²) < 4.78 is 47.2. The van der Waals surface area contributed by atoms with Crippen molar-refractivity contribution in [1.29, 1.82) is 0 Å². The van der Waals surface area contributed by atoms with Crippen LogP contribution in [-0.4, -0.2) is 23.8 Å². The molecule has 1 rings (SSSR count). The second-order valence-corrected chi connectivity index (χ2v) is 5.68. The van der Waals surface area contributed by atoms with Gasteiger partial charge in [-0.3, -0.25) is 4.79 Å².